The van der Waals surface area contributed by atoms with E-state index in [0.29, 0.717) is 12.8 Å². The number of amides is 2. The van der Waals surface area contributed by atoms with Crippen LogP contribution in [0.1, 0.15) is 23.2 Å². The van der Waals surface area contributed by atoms with Gasteiger partial charge in [0.1, 0.15) is 0 Å². The number of carbonyl (C=O) groups excluding carboxylic acids is 2. The summed E-state index contributed by atoms with van der Waals surface area (Å²) in [6.07, 6.45) is 7.40. The van der Waals surface area contributed by atoms with E-state index in [2.05, 4.69) is 4.98 Å². The molecule has 1 N–H and O–H groups in total. The van der Waals surface area contributed by atoms with Crippen molar-refractivity contribution in [3.63, 3.8) is 0 Å². The number of nitrogens with zero attached hydrogens (tertiary/aromatic N) is 2. The van der Waals surface area contributed by atoms with Gasteiger partial charge in [-0.2, -0.15) is 0 Å². The predicted molar refractivity (Wildman–Crippen MR) is 69.0 cm³/mol. The summed E-state index contributed by atoms with van der Waals surface area (Å²) >= 11 is 0. The average Bonchev–Trinajstić information content (AvgIpc) is 2.71. The van der Waals surface area contributed by atoms with Crippen molar-refractivity contribution in [1.82, 2.24) is 4.98 Å². The summed E-state index contributed by atoms with van der Waals surface area (Å²) in [5, 5.41) is 9.17. The van der Waals surface area contributed by atoms with Crippen LogP contribution in [0.15, 0.2) is 30.6 Å². The van der Waals surface area contributed by atoms with Gasteiger partial charge in [0.05, 0.1) is 29.3 Å². The van der Waals surface area contributed by atoms with E-state index in [4.69, 9.17) is 5.11 Å². The Kier molecular flexibility index (Phi) is 2.85. The molecule has 2 amide bonds. The Labute approximate surface area is 114 Å². The van der Waals surface area contributed by atoms with Gasteiger partial charge in [-0.1, -0.05) is 12.2 Å². The Bertz CT molecular complexity index is 612. The minimum atomic E-state index is -1.18. The molecule has 2 atom stereocenters. The van der Waals surface area contributed by atoms with Crippen LogP contribution < -0.4 is 4.90 Å². The average molecular weight is 272 g/mol. The number of aromatic carboxylic acids is 1. The van der Waals surface area contributed by atoms with Crippen molar-refractivity contribution >= 4 is 23.5 Å². The molecule has 1 aliphatic heterocycles. The highest BCUT2D eigenvalue weighted by atomic mass is 16.4. The number of pyridine rings is 1. The number of aromatic nitrogens is 1. The first-order chi connectivity index (χ1) is 9.61. The van der Waals surface area contributed by atoms with Crippen molar-refractivity contribution in [1.29, 1.82) is 0 Å². The zero-order valence-electron chi connectivity index (χ0n) is 10.5. The van der Waals surface area contributed by atoms with E-state index in [1.807, 2.05) is 12.2 Å². The maximum atomic E-state index is 12.4. The van der Waals surface area contributed by atoms with Crippen molar-refractivity contribution in [2.24, 2.45) is 11.8 Å². The van der Waals surface area contributed by atoms with Gasteiger partial charge < -0.3 is 5.11 Å². The molecule has 1 aromatic heterocycles. The summed E-state index contributed by atoms with van der Waals surface area (Å²) in [5.41, 5.74) is -0.0299. The second-order valence-corrected chi connectivity index (χ2v) is 4.87. The first-order valence-electron chi connectivity index (χ1n) is 6.31. The second-order valence-electron chi connectivity index (χ2n) is 4.87. The van der Waals surface area contributed by atoms with Gasteiger partial charge >= 0.3 is 5.97 Å². The second kappa shape index (κ2) is 4.56. The highest BCUT2D eigenvalue weighted by Gasteiger charge is 2.48. The van der Waals surface area contributed by atoms with Crippen LogP contribution >= 0.6 is 0 Å². The van der Waals surface area contributed by atoms with Crippen molar-refractivity contribution in [2.45, 2.75) is 12.8 Å². The number of imide groups is 1. The third-order valence-electron chi connectivity index (χ3n) is 3.78. The van der Waals surface area contributed by atoms with E-state index >= 15 is 0 Å². The standard InChI is InChI=1S/C14H12N2O4/c17-12-8-3-1-2-4-9(8)13(18)16(12)11-7-15-6-5-10(11)14(19)20/h1-2,5-9H,3-4H2,(H,19,20). The number of carbonyl (C=O) groups is 3. The Morgan fingerprint density at radius 3 is 2.35 bits per heavy atom. The Balaban J connectivity index is 2.06. The van der Waals surface area contributed by atoms with Gasteiger partial charge in [-0.3, -0.25) is 14.6 Å². The zero-order valence-corrected chi connectivity index (χ0v) is 10.5. The molecule has 2 aliphatic rings. The maximum absolute atomic E-state index is 12.4. The number of carboxylic acids is 1. The van der Waals surface area contributed by atoms with E-state index in [1.165, 1.54) is 18.5 Å². The highest BCUT2D eigenvalue weighted by Crippen LogP contribution is 2.38. The topological polar surface area (TPSA) is 87.6 Å². The van der Waals surface area contributed by atoms with Gasteiger partial charge in [0, 0.05) is 6.20 Å². The molecule has 0 spiro atoms. The summed E-state index contributed by atoms with van der Waals surface area (Å²) in [5.74, 6) is -2.61. The van der Waals surface area contributed by atoms with Crippen molar-refractivity contribution in [2.75, 3.05) is 4.90 Å². The van der Waals surface area contributed by atoms with Crippen LogP contribution in [0.25, 0.3) is 0 Å². The summed E-state index contributed by atoms with van der Waals surface area (Å²) in [4.78, 5) is 40.8. The van der Waals surface area contributed by atoms with Crippen LogP contribution in [0.4, 0.5) is 5.69 Å². The number of hydrogen-bond acceptors (Lipinski definition) is 4. The molecule has 1 aliphatic carbocycles. The first kappa shape index (κ1) is 12.5. The monoisotopic (exact) mass is 272 g/mol. The molecule has 2 unspecified atom stereocenters. The fraction of sp³-hybridized carbons (Fsp3) is 0.286. The van der Waals surface area contributed by atoms with Gasteiger partial charge in [-0.15, -0.1) is 0 Å². The largest absolute Gasteiger partial charge is 0.478 e. The van der Waals surface area contributed by atoms with Crippen LogP contribution in [-0.2, 0) is 9.59 Å². The van der Waals surface area contributed by atoms with Crippen molar-refractivity contribution < 1.29 is 19.5 Å². The van der Waals surface area contributed by atoms with Crippen LogP contribution in [0.5, 0.6) is 0 Å². The van der Waals surface area contributed by atoms with E-state index in [0.717, 1.165) is 4.90 Å². The van der Waals surface area contributed by atoms with Crippen LogP contribution in [-0.4, -0.2) is 27.9 Å². The van der Waals surface area contributed by atoms with Crippen molar-refractivity contribution in [3.05, 3.63) is 36.2 Å². The zero-order chi connectivity index (χ0) is 14.3. The molecule has 6 nitrogen and oxygen atoms in total. The minimum absolute atomic E-state index is 0.0596. The summed E-state index contributed by atoms with van der Waals surface area (Å²) < 4.78 is 0. The summed E-state index contributed by atoms with van der Waals surface area (Å²) in [7, 11) is 0. The molecule has 0 aromatic carbocycles. The lowest BCUT2D eigenvalue weighted by atomic mass is 9.85. The molecule has 102 valence electrons. The molecule has 0 bridgehead atoms. The lowest BCUT2D eigenvalue weighted by Gasteiger charge is -2.16. The smallest absolute Gasteiger partial charge is 0.337 e. The van der Waals surface area contributed by atoms with Crippen molar-refractivity contribution in [3.8, 4) is 0 Å². The number of rotatable bonds is 2. The normalized spacial score (nSPS) is 24.9. The summed E-state index contributed by atoms with van der Waals surface area (Å²) in [6, 6.07) is 1.29. The Morgan fingerprint density at radius 2 is 1.80 bits per heavy atom. The molecular weight excluding hydrogens is 260 g/mol. The maximum Gasteiger partial charge on any atom is 0.337 e. The minimum Gasteiger partial charge on any atom is -0.478 e. The molecule has 1 aromatic rings. The quantitative estimate of drug-likeness (QED) is 0.646. The van der Waals surface area contributed by atoms with Crippen LogP contribution in [0, 0.1) is 11.8 Å². The third kappa shape index (κ3) is 1.72. The summed E-state index contributed by atoms with van der Waals surface area (Å²) in [6.45, 7) is 0. The first-order valence-corrected chi connectivity index (χ1v) is 6.31. The predicted octanol–water partition coefficient (Wildman–Crippen LogP) is 1.24. The molecular formula is C14H12N2O4. The Hall–Kier alpha value is -2.50. The molecule has 2 heterocycles. The molecule has 3 rings (SSSR count). The molecule has 6 heteroatoms. The van der Waals surface area contributed by atoms with Crippen LogP contribution in [0.3, 0.4) is 0 Å². The number of hydrogen-bond donors (Lipinski definition) is 1. The highest BCUT2D eigenvalue weighted by molar-refractivity contribution is 6.23. The van der Waals surface area contributed by atoms with E-state index in [1.54, 1.807) is 0 Å². The van der Waals surface area contributed by atoms with E-state index in [9.17, 15) is 14.4 Å². The SMILES string of the molecule is O=C(O)c1ccncc1N1C(=O)C2CC=CCC2C1=O. The van der Waals surface area contributed by atoms with Gasteiger partial charge in [0.15, 0.2) is 0 Å². The number of fused-ring (bicyclic) bond motifs is 1. The van der Waals surface area contributed by atoms with Crippen LogP contribution in [0.2, 0.25) is 0 Å². The number of anilines is 1. The van der Waals surface area contributed by atoms with Gasteiger partial charge in [0.25, 0.3) is 0 Å². The fourth-order valence-electron chi connectivity index (χ4n) is 2.78. The molecule has 1 saturated heterocycles. The molecule has 1 fully saturated rings. The molecule has 20 heavy (non-hydrogen) atoms. The van der Waals surface area contributed by atoms with Gasteiger partial charge in [0.2, 0.25) is 11.8 Å². The lowest BCUT2D eigenvalue weighted by Crippen LogP contribution is -2.32. The lowest BCUT2D eigenvalue weighted by molar-refractivity contribution is -0.122. The Morgan fingerprint density at radius 1 is 1.20 bits per heavy atom. The number of carboxylic acid groups (broad SMARTS) is 1. The van der Waals surface area contributed by atoms with E-state index < -0.39 is 5.97 Å². The van der Waals surface area contributed by atoms with Gasteiger partial charge in [-0.25, -0.2) is 9.69 Å². The fourth-order valence-corrected chi connectivity index (χ4v) is 2.78. The van der Waals surface area contributed by atoms with E-state index in [-0.39, 0.29) is 34.9 Å². The van der Waals surface area contributed by atoms with Gasteiger partial charge in [-0.05, 0) is 18.9 Å². The molecule has 0 saturated carbocycles. The molecule has 0 radical (unpaired) electrons. The number of allylic oxidation sites excluding steroid dienone is 2. The third-order valence-corrected chi connectivity index (χ3v) is 3.78.